The molecule has 0 spiro atoms. The number of rotatable bonds is 4. The zero-order chi connectivity index (χ0) is 9.73. The van der Waals surface area contributed by atoms with Gasteiger partial charge in [-0.1, -0.05) is 0 Å². The molecule has 0 aliphatic rings. The van der Waals surface area contributed by atoms with Crippen molar-refractivity contribution >= 4 is 19.4 Å². The summed E-state index contributed by atoms with van der Waals surface area (Å²) in [6.45, 7) is 3.94. The van der Waals surface area contributed by atoms with Crippen molar-refractivity contribution in [1.82, 2.24) is 0 Å². The van der Waals surface area contributed by atoms with Crippen molar-refractivity contribution in [2.75, 3.05) is 0 Å². The van der Waals surface area contributed by atoms with Crippen molar-refractivity contribution in [3.05, 3.63) is 30.3 Å². The molecule has 1 rings (SSSR count). The number of benzene rings is 1. The van der Waals surface area contributed by atoms with Crippen LogP contribution in [-0.4, -0.2) is 25.7 Å². The first-order valence-electron chi connectivity index (χ1n) is 4.54. The van der Waals surface area contributed by atoms with E-state index in [1.54, 1.807) is 0 Å². The van der Waals surface area contributed by atoms with Crippen molar-refractivity contribution in [2.24, 2.45) is 0 Å². The van der Waals surface area contributed by atoms with Gasteiger partial charge in [-0.05, 0) is 0 Å². The normalized spacial score (nSPS) is 15.3. The Hall–Kier alpha value is -0.301. The van der Waals surface area contributed by atoms with Crippen LogP contribution in [0.1, 0.15) is 20.3 Å². The van der Waals surface area contributed by atoms with Gasteiger partial charge in [0.1, 0.15) is 0 Å². The summed E-state index contributed by atoms with van der Waals surface area (Å²) < 4.78 is 1.36. The summed E-state index contributed by atoms with van der Waals surface area (Å²) in [5, 5.41) is 10.7. The summed E-state index contributed by atoms with van der Waals surface area (Å²) in [5.41, 5.74) is -0.476. The van der Waals surface area contributed by atoms with E-state index in [4.69, 9.17) is 0 Å². The van der Waals surface area contributed by atoms with E-state index in [1.807, 2.05) is 19.9 Å². The molecule has 2 heteroatoms. The standard InChI is InChI=1S/C11H16OSe/c1-3-11(2,12)9-13-10-7-5-4-6-8-10/h4-8,12H,3,9H2,1-2H3. The molecule has 0 saturated carbocycles. The summed E-state index contributed by atoms with van der Waals surface area (Å²) in [4.78, 5) is 0. The van der Waals surface area contributed by atoms with Gasteiger partial charge < -0.3 is 0 Å². The van der Waals surface area contributed by atoms with Crippen LogP contribution in [0.25, 0.3) is 0 Å². The van der Waals surface area contributed by atoms with Crippen LogP contribution in [0, 0.1) is 0 Å². The first-order valence-corrected chi connectivity index (χ1v) is 6.61. The Balaban J connectivity index is 2.44. The third-order valence-electron chi connectivity index (χ3n) is 2.05. The van der Waals surface area contributed by atoms with Gasteiger partial charge in [-0.25, -0.2) is 0 Å². The Morgan fingerprint density at radius 2 is 1.92 bits per heavy atom. The molecule has 0 aliphatic carbocycles. The van der Waals surface area contributed by atoms with E-state index in [-0.39, 0.29) is 0 Å². The molecule has 0 heterocycles. The summed E-state index contributed by atoms with van der Waals surface area (Å²) in [5.74, 6) is 0. The van der Waals surface area contributed by atoms with Crippen molar-refractivity contribution < 1.29 is 5.11 Å². The van der Waals surface area contributed by atoms with Crippen molar-refractivity contribution in [1.29, 1.82) is 0 Å². The van der Waals surface area contributed by atoms with Crippen LogP contribution in [0.5, 0.6) is 0 Å². The van der Waals surface area contributed by atoms with E-state index >= 15 is 0 Å². The Bertz CT molecular complexity index is 244. The number of aliphatic hydroxyl groups is 1. The molecule has 1 aromatic carbocycles. The van der Waals surface area contributed by atoms with Crippen molar-refractivity contribution in [3.63, 3.8) is 0 Å². The van der Waals surface area contributed by atoms with E-state index < -0.39 is 5.60 Å². The van der Waals surface area contributed by atoms with Crippen LogP contribution in [0.15, 0.2) is 30.3 Å². The third kappa shape index (κ3) is 3.95. The quantitative estimate of drug-likeness (QED) is 0.796. The molecule has 0 amide bonds. The van der Waals surface area contributed by atoms with Crippen LogP contribution in [0.3, 0.4) is 0 Å². The predicted octanol–water partition coefficient (Wildman–Crippen LogP) is 1.60. The van der Waals surface area contributed by atoms with Crippen LogP contribution >= 0.6 is 0 Å². The molecule has 0 saturated heterocycles. The Kier molecular flexibility index (Phi) is 3.98. The van der Waals surface area contributed by atoms with E-state index in [1.165, 1.54) is 4.46 Å². The second-order valence-electron chi connectivity index (χ2n) is 3.45. The topological polar surface area (TPSA) is 20.2 Å². The molecule has 0 aromatic heterocycles. The van der Waals surface area contributed by atoms with Gasteiger partial charge in [-0.2, -0.15) is 0 Å². The molecule has 1 N–H and O–H groups in total. The molecule has 0 radical (unpaired) electrons. The van der Waals surface area contributed by atoms with E-state index in [9.17, 15) is 5.11 Å². The van der Waals surface area contributed by atoms with Gasteiger partial charge in [0, 0.05) is 0 Å². The number of hydrogen-bond donors (Lipinski definition) is 1. The average Bonchev–Trinajstić information content (AvgIpc) is 2.17. The molecular weight excluding hydrogens is 227 g/mol. The number of hydrogen-bond acceptors (Lipinski definition) is 1. The first kappa shape index (κ1) is 10.8. The fourth-order valence-electron chi connectivity index (χ4n) is 0.858. The summed E-state index contributed by atoms with van der Waals surface area (Å²) in [7, 11) is 0. The minimum atomic E-state index is -0.476. The molecule has 1 unspecified atom stereocenters. The van der Waals surface area contributed by atoms with Gasteiger partial charge in [-0.15, -0.1) is 0 Å². The van der Waals surface area contributed by atoms with Gasteiger partial charge in [0.25, 0.3) is 0 Å². The third-order valence-corrected chi connectivity index (χ3v) is 4.93. The fraction of sp³-hybridized carbons (Fsp3) is 0.455. The van der Waals surface area contributed by atoms with Gasteiger partial charge in [0.2, 0.25) is 0 Å². The zero-order valence-electron chi connectivity index (χ0n) is 8.16. The second kappa shape index (κ2) is 4.80. The summed E-state index contributed by atoms with van der Waals surface area (Å²) in [6, 6.07) is 10.4. The van der Waals surface area contributed by atoms with Crippen molar-refractivity contribution in [2.45, 2.75) is 31.2 Å². The molecule has 13 heavy (non-hydrogen) atoms. The molecular formula is C11H16OSe. The van der Waals surface area contributed by atoms with Gasteiger partial charge >= 0.3 is 86.0 Å². The van der Waals surface area contributed by atoms with Crippen LogP contribution in [0.4, 0.5) is 0 Å². The Morgan fingerprint density at radius 1 is 1.31 bits per heavy atom. The SMILES string of the molecule is CCC(C)(O)C[Se]c1ccccc1. The fourth-order valence-corrected chi connectivity index (χ4v) is 3.02. The zero-order valence-corrected chi connectivity index (χ0v) is 9.87. The molecule has 0 fully saturated rings. The average molecular weight is 243 g/mol. The second-order valence-corrected chi connectivity index (χ2v) is 5.65. The van der Waals surface area contributed by atoms with Crippen molar-refractivity contribution in [3.8, 4) is 0 Å². The maximum atomic E-state index is 9.80. The minimum absolute atomic E-state index is 0.404. The van der Waals surface area contributed by atoms with Gasteiger partial charge in [-0.3, -0.25) is 0 Å². The molecule has 1 nitrogen and oxygen atoms in total. The molecule has 1 atom stereocenters. The van der Waals surface area contributed by atoms with E-state index in [0.29, 0.717) is 15.0 Å². The molecule has 72 valence electrons. The summed E-state index contributed by atoms with van der Waals surface area (Å²) >= 11 is 0.404. The molecule has 1 aromatic rings. The van der Waals surface area contributed by atoms with Crippen LogP contribution in [0.2, 0.25) is 5.32 Å². The van der Waals surface area contributed by atoms with Gasteiger partial charge in [0.05, 0.1) is 0 Å². The monoisotopic (exact) mass is 244 g/mol. The molecule has 0 aliphatic heterocycles. The van der Waals surface area contributed by atoms with E-state index in [2.05, 4.69) is 24.3 Å². The Labute approximate surface area is 86.3 Å². The molecule has 0 bridgehead atoms. The first-order chi connectivity index (χ1) is 6.14. The van der Waals surface area contributed by atoms with E-state index in [0.717, 1.165) is 11.7 Å². The summed E-state index contributed by atoms with van der Waals surface area (Å²) in [6.07, 6.45) is 0.835. The predicted molar refractivity (Wildman–Crippen MR) is 57.6 cm³/mol. The van der Waals surface area contributed by atoms with Crippen LogP contribution < -0.4 is 4.46 Å². The van der Waals surface area contributed by atoms with Crippen LogP contribution in [-0.2, 0) is 0 Å². The Morgan fingerprint density at radius 3 is 2.46 bits per heavy atom. The maximum absolute atomic E-state index is 9.80. The van der Waals surface area contributed by atoms with Gasteiger partial charge in [0.15, 0.2) is 0 Å².